The summed E-state index contributed by atoms with van der Waals surface area (Å²) >= 11 is 1.57. The van der Waals surface area contributed by atoms with Crippen molar-refractivity contribution in [2.24, 2.45) is 5.41 Å². The van der Waals surface area contributed by atoms with E-state index >= 15 is 0 Å². The predicted molar refractivity (Wildman–Crippen MR) is 96.3 cm³/mol. The molecule has 24 heavy (non-hydrogen) atoms. The topological polar surface area (TPSA) is 89.3 Å². The third kappa shape index (κ3) is 4.12. The molecule has 1 aromatic carbocycles. The summed E-state index contributed by atoms with van der Waals surface area (Å²) in [7, 11) is -3.51. The minimum atomic E-state index is -3.51. The highest BCUT2D eigenvalue weighted by Crippen LogP contribution is 2.40. The Bertz CT molecular complexity index is 837. The van der Waals surface area contributed by atoms with Crippen LogP contribution in [0.1, 0.15) is 31.7 Å². The maximum Gasteiger partial charge on any atom is 0.293 e. The molecule has 0 aliphatic carbocycles. The van der Waals surface area contributed by atoms with Gasteiger partial charge in [-0.15, -0.1) is 11.3 Å². The Morgan fingerprint density at radius 3 is 2.38 bits per heavy atom. The van der Waals surface area contributed by atoms with Crippen LogP contribution in [0.4, 0.5) is 11.4 Å². The lowest BCUT2D eigenvalue weighted by Crippen LogP contribution is -2.25. The van der Waals surface area contributed by atoms with Gasteiger partial charge in [-0.1, -0.05) is 26.8 Å². The molecule has 1 aromatic heterocycles. The zero-order chi connectivity index (χ0) is 18.1. The van der Waals surface area contributed by atoms with Crippen LogP contribution in [-0.4, -0.2) is 19.6 Å². The van der Waals surface area contributed by atoms with Gasteiger partial charge in [0.2, 0.25) is 0 Å². The Morgan fingerprint density at radius 1 is 1.25 bits per heavy atom. The van der Waals surface area contributed by atoms with Gasteiger partial charge in [-0.05, 0) is 29.0 Å². The number of nitrogens with zero attached hydrogens (tertiary/aromatic N) is 1. The summed E-state index contributed by atoms with van der Waals surface area (Å²) in [6.45, 7) is 6.13. The van der Waals surface area contributed by atoms with Crippen molar-refractivity contribution >= 4 is 32.5 Å². The highest BCUT2D eigenvalue weighted by molar-refractivity contribution is 7.90. The van der Waals surface area contributed by atoms with E-state index in [1.54, 1.807) is 11.3 Å². The molecule has 0 spiro atoms. The van der Waals surface area contributed by atoms with E-state index in [-0.39, 0.29) is 22.0 Å². The smallest absolute Gasteiger partial charge is 0.293 e. The fourth-order valence-corrected chi connectivity index (χ4v) is 4.00. The Kier molecular flexibility index (Phi) is 5.00. The molecular weight excluding hydrogens is 348 g/mol. The third-order valence-corrected chi connectivity index (χ3v) is 5.64. The van der Waals surface area contributed by atoms with Gasteiger partial charge in [0.1, 0.15) is 5.69 Å². The largest absolute Gasteiger partial charge is 0.371 e. The van der Waals surface area contributed by atoms with E-state index in [0.29, 0.717) is 5.69 Å². The number of nitro groups is 1. The van der Waals surface area contributed by atoms with Crippen molar-refractivity contribution in [2.75, 3.05) is 11.6 Å². The molecule has 2 rings (SSSR count). The molecule has 0 amide bonds. The summed E-state index contributed by atoms with van der Waals surface area (Å²) in [4.78, 5) is 11.8. The SMILES string of the molecule is CC(C)(C)[C@@H](Nc1ccc(S(C)(=O)=O)cc1[N+](=O)[O-])c1cccs1. The van der Waals surface area contributed by atoms with E-state index in [0.717, 1.165) is 17.2 Å². The van der Waals surface area contributed by atoms with E-state index in [9.17, 15) is 18.5 Å². The zero-order valence-electron chi connectivity index (χ0n) is 13.9. The van der Waals surface area contributed by atoms with Gasteiger partial charge in [-0.3, -0.25) is 10.1 Å². The van der Waals surface area contributed by atoms with Crippen molar-refractivity contribution in [1.82, 2.24) is 0 Å². The lowest BCUT2D eigenvalue weighted by atomic mass is 9.85. The van der Waals surface area contributed by atoms with E-state index in [1.165, 1.54) is 12.1 Å². The number of hydrogen-bond donors (Lipinski definition) is 1. The van der Waals surface area contributed by atoms with Gasteiger partial charge in [0.25, 0.3) is 5.69 Å². The molecule has 0 radical (unpaired) electrons. The summed E-state index contributed by atoms with van der Waals surface area (Å²) in [5, 5.41) is 16.6. The molecule has 0 saturated heterocycles. The van der Waals surface area contributed by atoms with Gasteiger partial charge in [-0.25, -0.2) is 8.42 Å². The Labute approximate surface area is 145 Å². The van der Waals surface area contributed by atoms with Crippen LogP contribution in [0.25, 0.3) is 0 Å². The first-order valence-corrected chi connectivity index (χ1v) is 10.1. The number of anilines is 1. The number of hydrogen-bond acceptors (Lipinski definition) is 6. The van der Waals surface area contributed by atoms with Crippen molar-refractivity contribution < 1.29 is 13.3 Å². The van der Waals surface area contributed by atoms with Gasteiger partial charge >= 0.3 is 0 Å². The van der Waals surface area contributed by atoms with Crippen LogP contribution in [0, 0.1) is 15.5 Å². The summed E-state index contributed by atoms with van der Waals surface area (Å²) in [5.74, 6) is 0. The van der Waals surface area contributed by atoms with E-state index in [2.05, 4.69) is 5.32 Å². The monoisotopic (exact) mass is 368 g/mol. The molecule has 2 aromatic rings. The molecule has 130 valence electrons. The molecule has 0 fully saturated rings. The standard InChI is InChI=1S/C16H20N2O4S2/c1-16(2,3)15(14-6-5-9-23-14)17-12-8-7-11(24(4,21)22)10-13(12)18(19)20/h5-10,15,17H,1-4H3/t15-/m0/s1. The molecule has 1 heterocycles. The lowest BCUT2D eigenvalue weighted by Gasteiger charge is -2.31. The van der Waals surface area contributed by atoms with Gasteiger partial charge in [-0.2, -0.15) is 0 Å². The minimum absolute atomic E-state index is 0.0665. The number of benzene rings is 1. The molecule has 0 aliphatic heterocycles. The van der Waals surface area contributed by atoms with Crippen LogP contribution in [0.2, 0.25) is 0 Å². The van der Waals surface area contributed by atoms with Crippen LogP contribution >= 0.6 is 11.3 Å². The Hall–Kier alpha value is -1.93. The maximum atomic E-state index is 11.6. The van der Waals surface area contributed by atoms with Crippen LogP contribution in [0.5, 0.6) is 0 Å². The van der Waals surface area contributed by atoms with Gasteiger partial charge < -0.3 is 5.32 Å². The first-order chi connectivity index (χ1) is 11.0. The van der Waals surface area contributed by atoms with Crippen molar-refractivity contribution in [2.45, 2.75) is 31.7 Å². The molecule has 1 atom stereocenters. The molecule has 6 nitrogen and oxygen atoms in total. The lowest BCUT2D eigenvalue weighted by molar-refractivity contribution is -0.384. The van der Waals surface area contributed by atoms with E-state index in [4.69, 9.17) is 0 Å². The average molecular weight is 368 g/mol. The fourth-order valence-electron chi connectivity index (χ4n) is 2.34. The van der Waals surface area contributed by atoms with Crippen molar-refractivity contribution in [1.29, 1.82) is 0 Å². The van der Waals surface area contributed by atoms with E-state index in [1.807, 2.05) is 38.3 Å². The van der Waals surface area contributed by atoms with Crippen LogP contribution in [0.15, 0.2) is 40.6 Å². The highest BCUT2D eigenvalue weighted by atomic mass is 32.2. The molecular formula is C16H20N2O4S2. The normalized spacial score (nSPS) is 13.5. The zero-order valence-corrected chi connectivity index (χ0v) is 15.6. The number of rotatable bonds is 5. The second-order valence-electron chi connectivity index (χ2n) is 6.67. The second-order valence-corrected chi connectivity index (χ2v) is 9.66. The quantitative estimate of drug-likeness (QED) is 0.629. The van der Waals surface area contributed by atoms with Crippen LogP contribution in [0.3, 0.4) is 0 Å². The van der Waals surface area contributed by atoms with Crippen LogP contribution < -0.4 is 5.32 Å². The number of nitrogens with one attached hydrogen (secondary N) is 1. The first-order valence-electron chi connectivity index (χ1n) is 7.28. The van der Waals surface area contributed by atoms with Crippen molar-refractivity contribution in [3.8, 4) is 0 Å². The molecule has 0 aliphatic rings. The van der Waals surface area contributed by atoms with Gasteiger partial charge in [0.15, 0.2) is 9.84 Å². The van der Waals surface area contributed by atoms with Gasteiger partial charge in [0.05, 0.1) is 15.9 Å². The Morgan fingerprint density at radius 2 is 1.92 bits per heavy atom. The molecule has 1 N–H and O–H groups in total. The summed E-state index contributed by atoms with van der Waals surface area (Å²) in [6.07, 6.45) is 1.03. The van der Waals surface area contributed by atoms with Crippen molar-refractivity contribution in [3.63, 3.8) is 0 Å². The van der Waals surface area contributed by atoms with Gasteiger partial charge in [0, 0.05) is 17.2 Å². The van der Waals surface area contributed by atoms with Crippen molar-refractivity contribution in [3.05, 3.63) is 50.7 Å². The molecule has 8 heteroatoms. The number of thiophene rings is 1. The predicted octanol–water partition coefficient (Wildman–Crippen LogP) is 4.26. The number of nitro benzene ring substituents is 1. The first kappa shape index (κ1) is 18.4. The second kappa shape index (κ2) is 6.52. The summed E-state index contributed by atoms with van der Waals surface area (Å²) < 4.78 is 23.3. The fraction of sp³-hybridized carbons (Fsp3) is 0.375. The maximum absolute atomic E-state index is 11.6. The highest BCUT2D eigenvalue weighted by Gasteiger charge is 2.29. The summed E-state index contributed by atoms with van der Waals surface area (Å²) in [6, 6.07) is 7.72. The number of sulfone groups is 1. The van der Waals surface area contributed by atoms with E-state index < -0.39 is 14.8 Å². The van der Waals surface area contributed by atoms with Crippen LogP contribution in [-0.2, 0) is 9.84 Å². The minimum Gasteiger partial charge on any atom is -0.371 e. The molecule has 0 saturated carbocycles. The third-order valence-electron chi connectivity index (χ3n) is 3.59. The molecule has 0 bridgehead atoms. The Balaban J connectivity index is 2.49. The molecule has 0 unspecified atom stereocenters. The summed E-state index contributed by atoms with van der Waals surface area (Å²) in [5.41, 5.74) is -0.127. The average Bonchev–Trinajstić information content (AvgIpc) is 2.95.